The quantitative estimate of drug-likeness (QED) is 0.0833. The monoisotopic (exact) mass is 698 g/mol. The van der Waals surface area contributed by atoms with E-state index in [4.69, 9.17) is 4.74 Å². The van der Waals surface area contributed by atoms with Crippen LogP contribution in [0.4, 0.5) is 4.39 Å². The van der Waals surface area contributed by atoms with Gasteiger partial charge in [-0.2, -0.15) is 0 Å². The third-order valence-electron chi connectivity index (χ3n) is 11.3. The number of unbranched alkanes of at least 4 members (excludes halogenated alkanes) is 1. The van der Waals surface area contributed by atoms with Crippen molar-refractivity contribution in [2.24, 2.45) is 59.2 Å². The fraction of sp³-hybridized carbons (Fsp3) is 0.838. The van der Waals surface area contributed by atoms with Crippen LogP contribution in [-0.2, 0) is 14.3 Å². The number of allylic oxidation sites excluding steroid dienone is 4. The molecule has 2 fully saturated rings. The van der Waals surface area contributed by atoms with Crippen molar-refractivity contribution in [1.82, 2.24) is 0 Å². The molecule has 0 amide bonds. The molecule has 10 atom stereocenters. The molecule has 4 rings (SSSR count). The number of carbonyl (C=O) groups excluding carboxylic acids is 2. The maximum atomic E-state index is 15.3. The zero-order valence-electron chi connectivity index (χ0n) is 27.5. The molecule has 0 saturated heterocycles. The molecule has 4 aliphatic rings. The summed E-state index contributed by atoms with van der Waals surface area (Å²) in [5, 5.41) is 0. The van der Waals surface area contributed by atoms with Crippen LogP contribution in [0.5, 0.6) is 0 Å². The van der Waals surface area contributed by atoms with Crippen molar-refractivity contribution in [3.8, 4) is 0 Å². The third-order valence-corrected chi connectivity index (χ3v) is 14.3. The van der Waals surface area contributed by atoms with Crippen LogP contribution in [0.3, 0.4) is 0 Å². The molecule has 0 N–H and O–H groups in total. The first kappa shape index (κ1) is 34.2. The van der Waals surface area contributed by atoms with Gasteiger partial charge >= 0.3 is 244 Å². The zero-order chi connectivity index (χ0) is 30.4. The predicted octanol–water partition coefficient (Wildman–Crippen LogP) is 9.66. The molecule has 5 heteroatoms. The third kappa shape index (κ3) is 8.50. The van der Waals surface area contributed by atoms with Gasteiger partial charge in [0.2, 0.25) is 0 Å². The number of Topliss-reactive ketones (excluding diaryl/α,β-unsaturated/α-hetero) is 2. The Bertz CT molecular complexity index is 957. The van der Waals surface area contributed by atoms with Gasteiger partial charge in [0, 0.05) is 0 Å². The number of hydrogen-bond acceptors (Lipinski definition) is 3. The van der Waals surface area contributed by atoms with Crippen LogP contribution in [0.1, 0.15) is 104 Å². The van der Waals surface area contributed by atoms with Crippen molar-refractivity contribution in [3.63, 3.8) is 0 Å². The molecule has 4 aliphatic carbocycles. The van der Waals surface area contributed by atoms with Gasteiger partial charge in [-0.05, 0) is 0 Å². The van der Waals surface area contributed by atoms with Crippen molar-refractivity contribution in [3.05, 3.63) is 24.0 Å². The molecule has 0 radical (unpaired) electrons. The van der Waals surface area contributed by atoms with Crippen LogP contribution in [0.2, 0.25) is 0 Å². The zero-order valence-corrected chi connectivity index (χ0v) is 29.6. The fourth-order valence-electron chi connectivity index (χ4n) is 9.22. The van der Waals surface area contributed by atoms with Crippen LogP contribution in [0.25, 0.3) is 0 Å². The summed E-state index contributed by atoms with van der Waals surface area (Å²) >= 11 is -0.741. The average molecular weight is 699 g/mol. The van der Waals surface area contributed by atoms with Crippen molar-refractivity contribution in [1.29, 1.82) is 0 Å². The van der Waals surface area contributed by atoms with E-state index in [1.807, 2.05) is 13.0 Å². The molecule has 0 aromatic carbocycles. The van der Waals surface area contributed by atoms with Crippen LogP contribution in [0.15, 0.2) is 24.0 Å². The molecule has 240 valence electrons. The second-order valence-corrected chi connectivity index (χ2v) is 21.2. The number of methoxy groups -OCH3 is 1. The van der Waals surface area contributed by atoms with Crippen molar-refractivity contribution < 1.29 is 18.7 Å². The van der Waals surface area contributed by atoms with E-state index in [9.17, 15) is 9.59 Å². The first-order chi connectivity index (χ1) is 20.1. The van der Waals surface area contributed by atoms with E-state index >= 15 is 4.39 Å². The van der Waals surface area contributed by atoms with Gasteiger partial charge in [-0.1, -0.05) is 13.8 Å². The summed E-state index contributed by atoms with van der Waals surface area (Å²) < 4.78 is 22.3. The molecular weight excluding hydrogens is 638 g/mol. The van der Waals surface area contributed by atoms with Crippen molar-refractivity contribution in [2.45, 2.75) is 110 Å². The Hall–Kier alpha value is -0.720. The van der Waals surface area contributed by atoms with Gasteiger partial charge in [-0.3, -0.25) is 0 Å². The van der Waals surface area contributed by atoms with E-state index < -0.39 is 26.0 Å². The number of carbonyl (C=O) groups is 2. The Balaban J connectivity index is 1.68. The number of ketones is 2. The normalized spacial score (nSPS) is 37.4. The van der Waals surface area contributed by atoms with E-state index in [0.717, 1.165) is 63.5 Å². The summed E-state index contributed by atoms with van der Waals surface area (Å²) in [5.41, 5.74) is 0. The van der Waals surface area contributed by atoms with E-state index in [-0.39, 0.29) is 41.4 Å². The molecular formula is C37H60FIO3. The first-order valence-electron chi connectivity index (χ1n) is 17.2. The second kappa shape index (κ2) is 16.0. The maximum absolute atomic E-state index is 15.3. The molecule has 0 bridgehead atoms. The molecule has 0 aromatic heterocycles. The van der Waals surface area contributed by atoms with Gasteiger partial charge in [0.15, 0.2) is 0 Å². The van der Waals surface area contributed by atoms with E-state index in [1.165, 1.54) is 17.3 Å². The standard InChI is InChI=1S/C37H60FIO3/c1-24(2)20-27-13-10-17-31(27)37(41)33-22-26(12-7-8-19-39(4)5)21-32(35(33)30-16-11-18-34(38)25(30)3)36(40)28-14-9-15-29(23-28)42-6/h11,15-16,24-28,30-35H,7-10,12-14,17-23H2,1-6H3/t25?,26?,27?,28?,30-,31?,32?,33?,34+,35?/m0/s1. The number of alkyl halides is 4. The Morgan fingerprint density at radius 3 is 2.48 bits per heavy atom. The Morgan fingerprint density at radius 2 is 1.79 bits per heavy atom. The summed E-state index contributed by atoms with van der Waals surface area (Å²) in [6.45, 7) is 6.59. The van der Waals surface area contributed by atoms with Gasteiger partial charge in [0.1, 0.15) is 0 Å². The molecule has 0 spiro atoms. The first-order valence-corrected chi connectivity index (χ1v) is 23.0. The Kier molecular flexibility index (Phi) is 13.0. The molecule has 0 aromatic rings. The summed E-state index contributed by atoms with van der Waals surface area (Å²) in [4.78, 5) is 34.3. The summed E-state index contributed by atoms with van der Waals surface area (Å²) in [6, 6.07) is 0. The number of ether oxygens (including phenoxy) is 1. The number of rotatable bonds is 13. The predicted molar refractivity (Wildman–Crippen MR) is 182 cm³/mol. The molecule has 2 saturated carbocycles. The van der Waals surface area contributed by atoms with Crippen LogP contribution in [-0.4, -0.2) is 39.1 Å². The Labute approximate surface area is 264 Å². The van der Waals surface area contributed by atoms with E-state index in [2.05, 4.69) is 35.9 Å². The molecule has 0 heterocycles. The molecule has 0 aliphatic heterocycles. The fourth-order valence-corrected chi connectivity index (χ4v) is 11.3. The van der Waals surface area contributed by atoms with E-state index in [0.29, 0.717) is 42.2 Å². The molecule has 42 heavy (non-hydrogen) atoms. The van der Waals surface area contributed by atoms with Crippen LogP contribution >= 0.6 is 19.8 Å². The molecule has 3 nitrogen and oxygen atoms in total. The average Bonchev–Trinajstić information content (AvgIpc) is 3.43. The second-order valence-electron chi connectivity index (χ2n) is 14.9. The van der Waals surface area contributed by atoms with E-state index in [1.54, 1.807) is 7.11 Å². The minimum atomic E-state index is -0.900. The van der Waals surface area contributed by atoms with Gasteiger partial charge in [-0.15, -0.1) is 0 Å². The summed E-state index contributed by atoms with van der Waals surface area (Å²) in [6.07, 6.45) is 18.1. The van der Waals surface area contributed by atoms with Crippen molar-refractivity contribution >= 4 is 31.4 Å². The summed E-state index contributed by atoms with van der Waals surface area (Å²) in [7, 11) is 1.71. The SMILES string of the molecule is COC1=CCCC(C(=O)C2CC(CCCCI(C)C)CC(C(=O)C3CCCC3CC(C)C)C2[C@H]2C=CC[C@@H](F)C2C)C1. The topological polar surface area (TPSA) is 43.4 Å². The number of halogens is 2. The molecule has 8 unspecified atom stereocenters. The van der Waals surface area contributed by atoms with Crippen LogP contribution in [0, 0.1) is 59.2 Å². The van der Waals surface area contributed by atoms with Gasteiger partial charge in [-0.25, -0.2) is 0 Å². The van der Waals surface area contributed by atoms with Gasteiger partial charge < -0.3 is 0 Å². The summed E-state index contributed by atoms with van der Waals surface area (Å²) in [5.74, 6) is 2.65. The minimum absolute atomic E-state index is 0.0451. The van der Waals surface area contributed by atoms with Crippen LogP contribution < -0.4 is 0 Å². The van der Waals surface area contributed by atoms with Crippen molar-refractivity contribution in [2.75, 3.05) is 21.4 Å². The van der Waals surface area contributed by atoms with Gasteiger partial charge in [0.05, 0.1) is 7.11 Å². The Morgan fingerprint density at radius 1 is 1.05 bits per heavy atom. The van der Waals surface area contributed by atoms with Gasteiger partial charge in [0.25, 0.3) is 0 Å². The number of hydrogen-bond donors (Lipinski definition) is 0.